The Morgan fingerprint density at radius 2 is 2.50 bits per heavy atom. The smallest absolute Gasteiger partial charge is 0.0513 e. The summed E-state index contributed by atoms with van der Waals surface area (Å²) in [6.45, 7) is 2.96. The Kier molecular flexibility index (Phi) is 4.73. The zero-order valence-electron chi connectivity index (χ0n) is 7.32. The lowest BCUT2D eigenvalue weighted by atomic mass is 10.3. The second-order valence-electron chi connectivity index (χ2n) is 2.61. The molecule has 12 heavy (non-hydrogen) atoms. The Bertz CT molecular complexity index is 196. The molecule has 1 rings (SSSR count). The van der Waals surface area contributed by atoms with Crippen LogP contribution in [0.4, 0.5) is 0 Å². The summed E-state index contributed by atoms with van der Waals surface area (Å²) >= 11 is 3.77. The summed E-state index contributed by atoms with van der Waals surface area (Å²) in [4.78, 5) is 1.41. The van der Waals surface area contributed by atoms with E-state index in [2.05, 4.69) is 24.4 Å². The average Bonchev–Trinajstić information content (AvgIpc) is 2.59. The summed E-state index contributed by atoms with van der Waals surface area (Å²) in [6, 6.07) is 4.26. The van der Waals surface area contributed by atoms with Crippen LogP contribution < -0.4 is 5.73 Å². The molecule has 0 aliphatic carbocycles. The van der Waals surface area contributed by atoms with Crippen molar-refractivity contribution >= 4 is 23.1 Å². The first-order valence-electron chi connectivity index (χ1n) is 4.23. The van der Waals surface area contributed by atoms with Gasteiger partial charge in [-0.05, 0) is 23.6 Å². The first-order chi connectivity index (χ1) is 5.88. The van der Waals surface area contributed by atoms with Gasteiger partial charge in [-0.25, -0.2) is 0 Å². The SMILES string of the molecule is CCCSC(CN)c1cccs1. The van der Waals surface area contributed by atoms with Crippen LogP contribution in [0.15, 0.2) is 17.5 Å². The maximum absolute atomic E-state index is 5.69. The first kappa shape index (κ1) is 10.1. The van der Waals surface area contributed by atoms with E-state index in [-0.39, 0.29) is 0 Å². The van der Waals surface area contributed by atoms with Gasteiger partial charge in [-0.15, -0.1) is 11.3 Å². The second-order valence-corrected chi connectivity index (χ2v) is 4.90. The summed E-state index contributed by atoms with van der Waals surface area (Å²) in [6.07, 6.45) is 1.23. The molecule has 2 N–H and O–H groups in total. The molecule has 1 atom stereocenters. The fourth-order valence-corrected chi connectivity index (χ4v) is 2.99. The van der Waals surface area contributed by atoms with Crippen molar-refractivity contribution in [3.05, 3.63) is 22.4 Å². The fourth-order valence-electron chi connectivity index (χ4n) is 1.00. The molecule has 0 saturated carbocycles. The first-order valence-corrected chi connectivity index (χ1v) is 6.16. The molecule has 0 aromatic carbocycles. The molecule has 0 aliphatic heterocycles. The maximum atomic E-state index is 5.69. The molecule has 1 aromatic rings. The molecule has 1 heterocycles. The lowest BCUT2D eigenvalue weighted by Gasteiger charge is -2.11. The highest BCUT2D eigenvalue weighted by Crippen LogP contribution is 2.31. The number of hydrogen-bond acceptors (Lipinski definition) is 3. The van der Waals surface area contributed by atoms with Crippen LogP contribution in [-0.4, -0.2) is 12.3 Å². The second kappa shape index (κ2) is 5.62. The Labute approximate surface area is 82.4 Å². The van der Waals surface area contributed by atoms with Gasteiger partial charge in [0.15, 0.2) is 0 Å². The van der Waals surface area contributed by atoms with Gasteiger partial charge in [-0.1, -0.05) is 13.0 Å². The van der Waals surface area contributed by atoms with Crippen LogP contribution >= 0.6 is 23.1 Å². The number of hydrogen-bond donors (Lipinski definition) is 1. The van der Waals surface area contributed by atoms with Gasteiger partial charge in [0.05, 0.1) is 5.25 Å². The third kappa shape index (κ3) is 2.81. The Morgan fingerprint density at radius 1 is 1.67 bits per heavy atom. The van der Waals surface area contributed by atoms with Crippen molar-refractivity contribution in [2.45, 2.75) is 18.6 Å². The summed E-state index contributed by atoms with van der Waals surface area (Å²) in [5.41, 5.74) is 5.69. The van der Waals surface area contributed by atoms with Crippen LogP contribution in [0.1, 0.15) is 23.5 Å². The highest BCUT2D eigenvalue weighted by atomic mass is 32.2. The summed E-state index contributed by atoms with van der Waals surface area (Å²) in [7, 11) is 0. The van der Waals surface area contributed by atoms with Gasteiger partial charge < -0.3 is 5.73 Å². The minimum absolute atomic E-state index is 0.518. The van der Waals surface area contributed by atoms with E-state index >= 15 is 0 Å². The van der Waals surface area contributed by atoms with Crippen LogP contribution in [0.25, 0.3) is 0 Å². The van der Waals surface area contributed by atoms with Crippen molar-refractivity contribution in [3.8, 4) is 0 Å². The number of thioether (sulfide) groups is 1. The maximum Gasteiger partial charge on any atom is 0.0513 e. The topological polar surface area (TPSA) is 26.0 Å². The minimum atomic E-state index is 0.518. The molecule has 1 aromatic heterocycles. The van der Waals surface area contributed by atoms with E-state index in [1.54, 1.807) is 11.3 Å². The molecular weight excluding hydrogens is 186 g/mol. The summed E-state index contributed by atoms with van der Waals surface area (Å²) < 4.78 is 0. The lowest BCUT2D eigenvalue weighted by Crippen LogP contribution is -2.08. The molecule has 3 heteroatoms. The molecule has 1 nitrogen and oxygen atoms in total. The van der Waals surface area contributed by atoms with E-state index in [9.17, 15) is 0 Å². The molecule has 0 saturated heterocycles. The highest BCUT2D eigenvalue weighted by molar-refractivity contribution is 7.99. The van der Waals surface area contributed by atoms with E-state index in [0.29, 0.717) is 5.25 Å². The molecule has 0 spiro atoms. The highest BCUT2D eigenvalue weighted by Gasteiger charge is 2.09. The molecule has 0 amide bonds. The van der Waals surface area contributed by atoms with Gasteiger partial charge in [0.1, 0.15) is 0 Å². The van der Waals surface area contributed by atoms with E-state index in [1.807, 2.05) is 11.8 Å². The lowest BCUT2D eigenvalue weighted by molar-refractivity contribution is 0.954. The van der Waals surface area contributed by atoms with Crippen LogP contribution in [0.5, 0.6) is 0 Å². The van der Waals surface area contributed by atoms with Gasteiger partial charge in [-0.3, -0.25) is 0 Å². The zero-order chi connectivity index (χ0) is 8.81. The molecule has 0 aliphatic rings. The fraction of sp³-hybridized carbons (Fsp3) is 0.556. The third-order valence-electron chi connectivity index (χ3n) is 1.60. The van der Waals surface area contributed by atoms with Crippen molar-refractivity contribution in [1.29, 1.82) is 0 Å². The van der Waals surface area contributed by atoms with Crippen LogP contribution in [-0.2, 0) is 0 Å². The van der Waals surface area contributed by atoms with Crippen molar-refractivity contribution < 1.29 is 0 Å². The molecule has 68 valence electrons. The number of thiophene rings is 1. The van der Waals surface area contributed by atoms with Gasteiger partial charge in [0.2, 0.25) is 0 Å². The Morgan fingerprint density at radius 3 is 3.00 bits per heavy atom. The quantitative estimate of drug-likeness (QED) is 0.792. The van der Waals surface area contributed by atoms with Crippen LogP contribution in [0.3, 0.4) is 0 Å². The molecule has 0 fully saturated rings. The molecule has 0 bridgehead atoms. The predicted octanol–water partition coefficient (Wildman–Crippen LogP) is 2.89. The van der Waals surface area contributed by atoms with Crippen LogP contribution in [0, 0.1) is 0 Å². The Balaban J connectivity index is 2.45. The van der Waals surface area contributed by atoms with Gasteiger partial charge in [-0.2, -0.15) is 11.8 Å². The van der Waals surface area contributed by atoms with E-state index in [4.69, 9.17) is 5.73 Å². The van der Waals surface area contributed by atoms with Crippen LogP contribution in [0.2, 0.25) is 0 Å². The van der Waals surface area contributed by atoms with Gasteiger partial charge >= 0.3 is 0 Å². The Hall–Kier alpha value is 0.01000. The third-order valence-corrected chi connectivity index (χ3v) is 4.23. The van der Waals surface area contributed by atoms with E-state index < -0.39 is 0 Å². The zero-order valence-corrected chi connectivity index (χ0v) is 8.96. The monoisotopic (exact) mass is 201 g/mol. The summed E-state index contributed by atoms with van der Waals surface area (Å²) in [5, 5.41) is 2.63. The molecule has 1 unspecified atom stereocenters. The predicted molar refractivity (Wildman–Crippen MR) is 58.9 cm³/mol. The van der Waals surface area contributed by atoms with E-state index in [0.717, 1.165) is 6.54 Å². The van der Waals surface area contributed by atoms with Crippen molar-refractivity contribution in [2.24, 2.45) is 5.73 Å². The average molecular weight is 201 g/mol. The van der Waals surface area contributed by atoms with Crippen molar-refractivity contribution in [2.75, 3.05) is 12.3 Å². The standard InChI is InChI=1S/C9H15NS2/c1-2-5-11-9(7-10)8-4-3-6-12-8/h3-4,6,9H,2,5,7,10H2,1H3. The van der Waals surface area contributed by atoms with E-state index in [1.165, 1.54) is 17.1 Å². The van der Waals surface area contributed by atoms with Gasteiger partial charge in [0.25, 0.3) is 0 Å². The summed E-state index contributed by atoms with van der Waals surface area (Å²) in [5.74, 6) is 1.21. The van der Waals surface area contributed by atoms with Gasteiger partial charge in [0, 0.05) is 11.4 Å². The minimum Gasteiger partial charge on any atom is -0.329 e. The molecular formula is C9H15NS2. The number of rotatable bonds is 5. The number of nitrogens with two attached hydrogens (primary N) is 1. The van der Waals surface area contributed by atoms with Crippen molar-refractivity contribution in [3.63, 3.8) is 0 Å². The largest absolute Gasteiger partial charge is 0.329 e. The normalized spacial score (nSPS) is 13.2. The molecule has 0 radical (unpaired) electrons. The van der Waals surface area contributed by atoms with Crippen molar-refractivity contribution in [1.82, 2.24) is 0 Å².